The summed E-state index contributed by atoms with van der Waals surface area (Å²) in [5.74, 6) is 0.282. The maximum absolute atomic E-state index is 11.7. The van der Waals surface area contributed by atoms with Crippen molar-refractivity contribution in [2.75, 3.05) is 19.3 Å². The largest absolute Gasteiger partial charge is 0.356 e. The van der Waals surface area contributed by atoms with E-state index < -0.39 is 15.6 Å². The first kappa shape index (κ1) is 17.4. The Labute approximate surface area is 111 Å². The summed E-state index contributed by atoms with van der Waals surface area (Å²) in [5.41, 5.74) is -0.508. The third-order valence-corrected chi connectivity index (χ3v) is 3.93. The van der Waals surface area contributed by atoms with E-state index in [1.54, 1.807) is 0 Å². The Morgan fingerprint density at radius 2 is 1.78 bits per heavy atom. The molecule has 0 aromatic heterocycles. The van der Waals surface area contributed by atoms with Gasteiger partial charge < -0.3 is 5.32 Å². The van der Waals surface area contributed by atoms with E-state index in [0.717, 1.165) is 0 Å². The van der Waals surface area contributed by atoms with Crippen LogP contribution in [-0.2, 0) is 14.8 Å². The molecule has 0 saturated carbocycles. The molecule has 0 rings (SSSR count). The van der Waals surface area contributed by atoms with E-state index in [2.05, 4.69) is 5.32 Å². The van der Waals surface area contributed by atoms with Crippen LogP contribution in [0.3, 0.4) is 0 Å². The molecule has 0 atom stereocenters. The number of carbonyl (C=O) groups is 1. The number of carbonyl (C=O) groups excluding carboxylic acids is 1. The molecule has 0 aliphatic heterocycles. The highest BCUT2D eigenvalue weighted by Gasteiger charge is 2.29. The standard InChI is InChI=1S/C12H26N2O3S/c1-10(2)9-13-11(15)7-8-14(12(3,4)5)18(6,16)17/h10H,7-9H2,1-6H3,(H,13,15). The fourth-order valence-electron chi connectivity index (χ4n) is 1.61. The number of nitrogens with zero attached hydrogens (tertiary/aromatic N) is 1. The molecule has 108 valence electrons. The third kappa shape index (κ3) is 6.96. The van der Waals surface area contributed by atoms with E-state index in [1.165, 1.54) is 10.6 Å². The minimum absolute atomic E-state index is 0.110. The summed E-state index contributed by atoms with van der Waals surface area (Å²) in [7, 11) is -3.30. The van der Waals surface area contributed by atoms with Gasteiger partial charge in [-0.05, 0) is 26.7 Å². The van der Waals surface area contributed by atoms with Gasteiger partial charge in [0.2, 0.25) is 15.9 Å². The number of hydrogen-bond donors (Lipinski definition) is 1. The van der Waals surface area contributed by atoms with E-state index >= 15 is 0 Å². The van der Waals surface area contributed by atoms with Crippen molar-refractivity contribution < 1.29 is 13.2 Å². The second kappa shape index (κ2) is 6.52. The summed E-state index contributed by atoms with van der Waals surface area (Å²) in [6, 6.07) is 0. The summed E-state index contributed by atoms with van der Waals surface area (Å²) in [6.07, 6.45) is 1.36. The van der Waals surface area contributed by atoms with Crippen molar-refractivity contribution in [2.24, 2.45) is 5.92 Å². The molecular formula is C12H26N2O3S. The summed E-state index contributed by atoms with van der Waals surface area (Å²) in [4.78, 5) is 11.6. The molecule has 0 saturated heterocycles. The average Bonchev–Trinajstić information content (AvgIpc) is 2.10. The highest BCUT2D eigenvalue weighted by Crippen LogP contribution is 2.17. The number of hydrogen-bond acceptors (Lipinski definition) is 3. The van der Waals surface area contributed by atoms with Crippen molar-refractivity contribution in [1.29, 1.82) is 0 Å². The molecule has 5 nitrogen and oxygen atoms in total. The number of sulfonamides is 1. The van der Waals surface area contributed by atoms with Crippen LogP contribution in [-0.4, -0.2) is 43.5 Å². The fourth-order valence-corrected chi connectivity index (χ4v) is 3.03. The van der Waals surface area contributed by atoms with E-state index in [1.807, 2.05) is 34.6 Å². The smallest absolute Gasteiger partial charge is 0.221 e. The minimum atomic E-state index is -3.30. The zero-order valence-corrected chi connectivity index (χ0v) is 13.1. The van der Waals surface area contributed by atoms with Gasteiger partial charge in [-0.3, -0.25) is 4.79 Å². The number of amides is 1. The van der Waals surface area contributed by atoms with Gasteiger partial charge in [0, 0.05) is 25.0 Å². The van der Waals surface area contributed by atoms with Gasteiger partial charge in [0.25, 0.3) is 0 Å². The van der Waals surface area contributed by atoms with Gasteiger partial charge in [0.1, 0.15) is 0 Å². The first-order valence-electron chi connectivity index (χ1n) is 6.19. The van der Waals surface area contributed by atoms with Crippen molar-refractivity contribution >= 4 is 15.9 Å². The van der Waals surface area contributed by atoms with Crippen molar-refractivity contribution in [3.8, 4) is 0 Å². The van der Waals surface area contributed by atoms with E-state index in [4.69, 9.17) is 0 Å². The van der Waals surface area contributed by atoms with Crippen LogP contribution >= 0.6 is 0 Å². The third-order valence-electron chi connectivity index (χ3n) is 2.40. The van der Waals surface area contributed by atoms with Crippen LogP contribution in [0.15, 0.2) is 0 Å². The highest BCUT2D eigenvalue weighted by atomic mass is 32.2. The van der Waals surface area contributed by atoms with Gasteiger partial charge in [0.05, 0.1) is 6.26 Å². The molecule has 6 heteroatoms. The Kier molecular flexibility index (Phi) is 6.29. The van der Waals surface area contributed by atoms with Crippen LogP contribution in [0.4, 0.5) is 0 Å². The van der Waals surface area contributed by atoms with Crippen LogP contribution in [0.1, 0.15) is 41.0 Å². The molecule has 0 bridgehead atoms. The number of rotatable bonds is 6. The van der Waals surface area contributed by atoms with E-state index in [-0.39, 0.29) is 18.9 Å². The molecule has 0 aliphatic carbocycles. The van der Waals surface area contributed by atoms with Gasteiger partial charge in [-0.1, -0.05) is 13.8 Å². The summed E-state index contributed by atoms with van der Waals surface area (Å²) in [5, 5.41) is 2.78. The Balaban J connectivity index is 4.43. The molecule has 0 heterocycles. The molecule has 0 aromatic carbocycles. The minimum Gasteiger partial charge on any atom is -0.356 e. The molecule has 0 fully saturated rings. The number of nitrogens with one attached hydrogen (secondary N) is 1. The molecule has 18 heavy (non-hydrogen) atoms. The lowest BCUT2D eigenvalue weighted by Crippen LogP contribution is -2.46. The lowest BCUT2D eigenvalue weighted by atomic mass is 10.1. The van der Waals surface area contributed by atoms with Gasteiger partial charge in [-0.25, -0.2) is 8.42 Å². The second-order valence-corrected chi connectivity index (χ2v) is 7.86. The van der Waals surface area contributed by atoms with Gasteiger partial charge in [0.15, 0.2) is 0 Å². The Morgan fingerprint density at radius 3 is 2.11 bits per heavy atom. The van der Waals surface area contributed by atoms with E-state index in [9.17, 15) is 13.2 Å². The normalized spacial score (nSPS) is 13.1. The Bertz CT molecular complexity index is 369. The van der Waals surface area contributed by atoms with Crippen molar-refractivity contribution in [3.05, 3.63) is 0 Å². The molecule has 1 N–H and O–H groups in total. The van der Waals surface area contributed by atoms with E-state index in [0.29, 0.717) is 12.5 Å². The van der Waals surface area contributed by atoms with Crippen molar-refractivity contribution in [1.82, 2.24) is 9.62 Å². The Hall–Kier alpha value is -0.620. The SMILES string of the molecule is CC(C)CNC(=O)CCN(C(C)(C)C)S(C)(=O)=O. The predicted molar refractivity (Wildman–Crippen MR) is 73.8 cm³/mol. The summed E-state index contributed by atoms with van der Waals surface area (Å²) in [6.45, 7) is 10.3. The maximum atomic E-state index is 11.7. The maximum Gasteiger partial charge on any atom is 0.221 e. The average molecular weight is 278 g/mol. The zero-order valence-electron chi connectivity index (χ0n) is 12.3. The molecule has 0 spiro atoms. The lowest BCUT2D eigenvalue weighted by molar-refractivity contribution is -0.121. The van der Waals surface area contributed by atoms with Crippen molar-refractivity contribution in [3.63, 3.8) is 0 Å². The predicted octanol–water partition coefficient (Wildman–Crippen LogP) is 1.21. The molecule has 0 radical (unpaired) electrons. The lowest BCUT2D eigenvalue weighted by Gasteiger charge is -2.33. The van der Waals surface area contributed by atoms with Crippen LogP contribution in [0.5, 0.6) is 0 Å². The van der Waals surface area contributed by atoms with Gasteiger partial charge in [-0.15, -0.1) is 0 Å². The van der Waals surface area contributed by atoms with Crippen molar-refractivity contribution in [2.45, 2.75) is 46.6 Å². The summed E-state index contributed by atoms with van der Waals surface area (Å²) >= 11 is 0. The van der Waals surface area contributed by atoms with Crippen LogP contribution < -0.4 is 5.32 Å². The van der Waals surface area contributed by atoms with Crippen LogP contribution in [0.25, 0.3) is 0 Å². The van der Waals surface area contributed by atoms with Gasteiger partial charge >= 0.3 is 0 Å². The monoisotopic (exact) mass is 278 g/mol. The molecular weight excluding hydrogens is 252 g/mol. The van der Waals surface area contributed by atoms with Crippen LogP contribution in [0.2, 0.25) is 0 Å². The molecule has 0 aliphatic rings. The second-order valence-electron chi connectivity index (χ2n) is 5.95. The summed E-state index contributed by atoms with van der Waals surface area (Å²) < 4.78 is 24.7. The van der Waals surface area contributed by atoms with Crippen LogP contribution in [0, 0.1) is 5.92 Å². The zero-order chi connectivity index (χ0) is 14.6. The highest BCUT2D eigenvalue weighted by molar-refractivity contribution is 7.88. The first-order valence-corrected chi connectivity index (χ1v) is 8.04. The molecule has 0 aromatic rings. The molecule has 1 amide bonds. The molecule has 0 unspecified atom stereocenters. The van der Waals surface area contributed by atoms with Gasteiger partial charge in [-0.2, -0.15) is 4.31 Å². The Morgan fingerprint density at radius 1 is 1.28 bits per heavy atom. The fraction of sp³-hybridized carbons (Fsp3) is 0.917. The topological polar surface area (TPSA) is 66.5 Å². The first-order chi connectivity index (χ1) is 7.94. The quantitative estimate of drug-likeness (QED) is 0.794.